The van der Waals surface area contributed by atoms with Crippen LogP contribution in [0.3, 0.4) is 0 Å². The van der Waals surface area contributed by atoms with Gasteiger partial charge in [0.2, 0.25) is 0 Å². The summed E-state index contributed by atoms with van der Waals surface area (Å²) in [6.45, 7) is 0.0395. The van der Waals surface area contributed by atoms with Crippen LogP contribution in [0, 0.1) is 10.1 Å². The standard InChI is InChI=1S/C6H5BClNO3/c8-7-12-6-3-1-5(2-4-6)9(10)11/h1-4,7H. The van der Waals surface area contributed by atoms with Gasteiger partial charge in [0.1, 0.15) is 0 Å². The SMILES string of the molecule is O=[N+]([O-])c1ccc(OBCl)cc1. The molecule has 0 aromatic heterocycles. The van der Waals surface area contributed by atoms with Gasteiger partial charge in [0.05, 0.1) is 10.7 Å². The Morgan fingerprint density at radius 1 is 1.42 bits per heavy atom. The highest BCUT2D eigenvalue weighted by Gasteiger charge is 2.03. The summed E-state index contributed by atoms with van der Waals surface area (Å²) in [6, 6.07) is 5.73. The van der Waals surface area contributed by atoms with Crippen molar-refractivity contribution in [2.45, 2.75) is 0 Å². The third-order valence-corrected chi connectivity index (χ3v) is 1.38. The number of halogens is 1. The van der Waals surface area contributed by atoms with Gasteiger partial charge < -0.3 is 4.65 Å². The van der Waals surface area contributed by atoms with Crippen molar-refractivity contribution in [3.8, 4) is 5.75 Å². The van der Waals surface area contributed by atoms with Gasteiger partial charge in [-0.15, -0.1) is 11.5 Å². The Kier molecular flexibility index (Phi) is 2.93. The topological polar surface area (TPSA) is 52.4 Å². The van der Waals surface area contributed by atoms with Crippen molar-refractivity contribution in [2.24, 2.45) is 0 Å². The molecule has 1 rings (SSSR count). The summed E-state index contributed by atoms with van der Waals surface area (Å²) < 4.78 is 4.88. The fourth-order valence-electron chi connectivity index (χ4n) is 0.727. The lowest BCUT2D eigenvalue weighted by molar-refractivity contribution is -0.384. The van der Waals surface area contributed by atoms with Crippen LogP contribution in [0.5, 0.6) is 5.75 Å². The average Bonchev–Trinajstić information content (AvgIpc) is 2.06. The fourth-order valence-corrected chi connectivity index (χ4v) is 0.853. The van der Waals surface area contributed by atoms with Crippen LogP contribution >= 0.6 is 11.5 Å². The first-order valence-electron chi connectivity index (χ1n) is 3.17. The van der Waals surface area contributed by atoms with E-state index in [2.05, 4.69) is 0 Å². The molecule has 62 valence electrons. The third-order valence-electron chi connectivity index (χ3n) is 1.27. The van der Waals surface area contributed by atoms with Gasteiger partial charge in [0.25, 0.3) is 5.69 Å². The number of nitro groups is 1. The molecule has 0 saturated carbocycles. The first kappa shape index (κ1) is 8.87. The number of non-ortho nitro benzene ring substituents is 1. The molecule has 4 nitrogen and oxygen atoms in total. The van der Waals surface area contributed by atoms with Gasteiger partial charge in [-0.2, -0.15) is 0 Å². The summed E-state index contributed by atoms with van der Waals surface area (Å²) in [5, 5.41) is 10.2. The van der Waals surface area contributed by atoms with E-state index in [9.17, 15) is 10.1 Å². The second-order valence-electron chi connectivity index (χ2n) is 2.00. The van der Waals surface area contributed by atoms with Crippen molar-refractivity contribution in [2.75, 3.05) is 0 Å². The monoisotopic (exact) mass is 185 g/mol. The highest BCUT2D eigenvalue weighted by Crippen LogP contribution is 2.16. The summed E-state index contributed by atoms with van der Waals surface area (Å²) in [6.07, 6.45) is 0. The van der Waals surface area contributed by atoms with Crippen LogP contribution in [0.1, 0.15) is 0 Å². The summed E-state index contributed by atoms with van der Waals surface area (Å²) in [7, 11) is 0. The largest absolute Gasteiger partial charge is 0.549 e. The number of rotatable bonds is 3. The van der Waals surface area contributed by atoms with Crippen LogP contribution < -0.4 is 4.65 Å². The molecule has 1 aromatic rings. The third kappa shape index (κ3) is 2.13. The van der Waals surface area contributed by atoms with E-state index < -0.39 is 4.92 Å². The molecule has 0 bridgehead atoms. The van der Waals surface area contributed by atoms with Crippen LogP contribution in [0.4, 0.5) is 5.69 Å². The van der Waals surface area contributed by atoms with E-state index >= 15 is 0 Å². The highest BCUT2D eigenvalue weighted by molar-refractivity contribution is 6.90. The first-order valence-corrected chi connectivity index (χ1v) is 3.70. The van der Waals surface area contributed by atoms with Gasteiger partial charge in [0.15, 0.2) is 0 Å². The summed E-state index contributed by atoms with van der Waals surface area (Å²) in [5.74, 6) is 0.524. The van der Waals surface area contributed by atoms with Crippen LogP contribution in [0.2, 0.25) is 0 Å². The van der Waals surface area contributed by atoms with Crippen molar-refractivity contribution >= 4 is 24.0 Å². The van der Waals surface area contributed by atoms with Crippen molar-refractivity contribution in [3.05, 3.63) is 34.4 Å². The number of hydrogen-bond donors (Lipinski definition) is 0. The van der Waals surface area contributed by atoms with Gasteiger partial charge in [-0.25, -0.2) is 0 Å². The van der Waals surface area contributed by atoms with Crippen LogP contribution in [0.25, 0.3) is 0 Å². The molecule has 0 amide bonds. The van der Waals surface area contributed by atoms with Crippen molar-refractivity contribution in [1.82, 2.24) is 0 Å². The molecule has 0 aliphatic heterocycles. The molecule has 0 spiro atoms. The maximum Gasteiger partial charge on any atom is 0.445 e. The van der Waals surface area contributed by atoms with Crippen LogP contribution in [0.15, 0.2) is 24.3 Å². The minimum absolute atomic E-state index is 0.0388. The summed E-state index contributed by atoms with van der Waals surface area (Å²) >= 11 is 5.28. The molecule has 0 aliphatic carbocycles. The molecule has 0 fully saturated rings. The van der Waals surface area contributed by atoms with Gasteiger partial charge in [-0.1, -0.05) is 0 Å². The van der Waals surface area contributed by atoms with Gasteiger partial charge >= 0.3 is 6.90 Å². The molecular formula is C6H5BClNO3. The summed E-state index contributed by atoms with van der Waals surface area (Å²) in [5.41, 5.74) is 0.0388. The molecule has 1 aromatic carbocycles. The molecule has 0 unspecified atom stereocenters. The quantitative estimate of drug-likeness (QED) is 0.407. The number of nitrogens with zero attached hydrogens (tertiary/aromatic N) is 1. The molecule has 0 heterocycles. The van der Waals surface area contributed by atoms with E-state index in [1.165, 1.54) is 24.3 Å². The smallest absolute Gasteiger partial charge is 0.445 e. The minimum Gasteiger partial charge on any atom is -0.549 e. The van der Waals surface area contributed by atoms with Crippen LogP contribution in [-0.2, 0) is 0 Å². The zero-order valence-electron chi connectivity index (χ0n) is 6.07. The molecule has 0 radical (unpaired) electrons. The Morgan fingerprint density at radius 3 is 2.42 bits per heavy atom. The van der Waals surface area contributed by atoms with Crippen molar-refractivity contribution < 1.29 is 9.58 Å². The maximum atomic E-state index is 10.2. The predicted molar refractivity (Wildman–Crippen MR) is 46.7 cm³/mol. The number of benzene rings is 1. The highest BCUT2D eigenvalue weighted by atomic mass is 35.5. The number of nitro benzene ring substituents is 1. The lowest BCUT2D eigenvalue weighted by atomic mass is 10.3. The van der Waals surface area contributed by atoms with Crippen molar-refractivity contribution in [1.29, 1.82) is 0 Å². The molecule has 0 aliphatic rings. The molecule has 6 heteroatoms. The second kappa shape index (κ2) is 3.97. The Bertz CT molecular complexity index is 277. The van der Waals surface area contributed by atoms with E-state index in [1.54, 1.807) is 0 Å². The fraction of sp³-hybridized carbons (Fsp3) is 0. The molecule has 12 heavy (non-hydrogen) atoms. The normalized spacial score (nSPS) is 9.08. The lowest BCUT2D eigenvalue weighted by Gasteiger charge is -1.99. The maximum absolute atomic E-state index is 10.2. The Labute approximate surface area is 74.4 Å². The molecule has 0 N–H and O–H groups in total. The van der Waals surface area contributed by atoms with Crippen molar-refractivity contribution in [3.63, 3.8) is 0 Å². The molecule has 0 saturated heterocycles. The van der Waals surface area contributed by atoms with Gasteiger partial charge in [-0.05, 0) is 12.1 Å². The number of hydrogen-bond acceptors (Lipinski definition) is 3. The average molecular weight is 185 g/mol. The van der Waals surface area contributed by atoms with E-state index in [1.807, 2.05) is 0 Å². The predicted octanol–water partition coefficient (Wildman–Crippen LogP) is 1.48. The van der Waals surface area contributed by atoms with Crippen LogP contribution in [-0.4, -0.2) is 11.8 Å². The summed E-state index contributed by atoms with van der Waals surface area (Å²) in [4.78, 5) is 9.74. The zero-order valence-corrected chi connectivity index (χ0v) is 6.82. The first-order chi connectivity index (χ1) is 5.74. The lowest BCUT2D eigenvalue weighted by Crippen LogP contribution is -1.93. The van der Waals surface area contributed by atoms with E-state index in [0.29, 0.717) is 5.75 Å². The zero-order chi connectivity index (χ0) is 8.97. The second-order valence-corrected chi connectivity index (χ2v) is 2.22. The molecule has 0 atom stereocenters. The Hall–Kier alpha value is -1.23. The van der Waals surface area contributed by atoms with E-state index in [4.69, 9.17) is 16.1 Å². The Morgan fingerprint density at radius 2 is 2.00 bits per heavy atom. The van der Waals surface area contributed by atoms with Gasteiger partial charge in [-0.3, -0.25) is 10.1 Å². The van der Waals surface area contributed by atoms with Gasteiger partial charge in [0, 0.05) is 12.1 Å². The van der Waals surface area contributed by atoms with E-state index in [-0.39, 0.29) is 12.6 Å². The molecular weight excluding hydrogens is 180 g/mol. The van der Waals surface area contributed by atoms with E-state index in [0.717, 1.165) is 0 Å². The minimum atomic E-state index is -0.468. The Balaban J connectivity index is 2.78.